The molecular weight excluding hydrogens is 276 g/mol. The van der Waals surface area contributed by atoms with Gasteiger partial charge in [-0.05, 0) is 32.8 Å². The summed E-state index contributed by atoms with van der Waals surface area (Å²) in [6.45, 7) is 7.64. The van der Waals surface area contributed by atoms with Crippen LogP contribution >= 0.6 is 11.3 Å². The number of carboxylic acid groups (broad SMARTS) is 1. The summed E-state index contributed by atoms with van der Waals surface area (Å²) in [5.74, 6) is -1.01. The highest BCUT2D eigenvalue weighted by Crippen LogP contribution is 2.32. The average molecular weight is 298 g/mol. The van der Waals surface area contributed by atoms with Gasteiger partial charge < -0.3 is 10.4 Å². The van der Waals surface area contributed by atoms with Crippen LogP contribution in [0.1, 0.15) is 53.9 Å². The van der Waals surface area contributed by atoms with Crippen molar-refractivity contribution in [1.82, 2.24) is 5.32 Å². The molecule has 0 spiro atoms. The molecular formula is C14H22N2O3S. The molecule has 2 amide bonds. The van der Waals surface area contributed by atoms with Crippen molar-refractivity contribution in [3.63, 3.8) is 0 Å². The molecule has 1 heterocycles. The Balaban J connectivity index is 2.71. The number of carbonyl (C=O) groups is 2. The number of amides is 2. The molecule has 0 aromatic carbocycles. The number of unbranched alkanes of at least 4 members (excludes halogenated alkanes) is 1. The molecule has 1 rings (SSSR count). The molecule has 1 aromatic rings. The number of hydrogen-bond donors (Lipinski definition) is 3. The molecule has 0 fully saturated rings. The van der Waals surface area contributed by atoms with E-state index in [-0.39, 0.29) is 17.6 Å². The largest absolute Gasteiger partial charge is 0.478 e. The van der Waals surface area contributed by atoms with Crippen molar-refractivity contribution in [3.8, 4) is 0 Å². The van der Waals surface area contributed by atoms with Crippen molar-refractivity contribution in [2.24, 2.45) is 0 Å². The molecule has 0 radical (unpaired) electrons. The monoisotopic (exact) mass is 298 g/mol. The van der Waals surface area contributed by atoms with Crippen LogP contribution in [0, 0.1) is 13.8 Å². The summed E-state index contributed by atoms with van der Waals surface area (Å²) in [6, 6.07) is -0.275. The predicted molar refractivity (Wildman–Crippen MR) is 81.9 cm³/mol. The molecule has 5 nitrogen and oxygen atoms in total. The SMILES string of the molecule is CCCCC(C)NC(=O)Nc1sc(C)c(C)c1C(=O)O. The standard InChI is InChI=1S/C14H22N2O3S/c1-5-6-7-8(2)15-14(19)16-12-11(13(17)18)9(3)10(4)20-12/h8H,5-7H2,1-4H3,(H,17,18)(H2,15,16,19). The number of hydrogen-bond acceptors (Lipinski definition) is 3. The quantitative estimate of drug-likeness (QED) is 0.748. The number of carbonyl (C=O) groups excluding carboxylic acids is 1. The van der Waals surface area contributed by atoms with Crippen LogP contribution < -0.4 is 10.6 Å². The number of aromatic carboxylic acids is 1. The summed E-state index contributed by atoms with van der Waals surface area (Å²) >= 11 is 1.29. The number of aryl methyl sites for hydroxylation is 1. The number of carboxylic acids is 1. The van der Waals surface area contributed by atoms with Gasteiger partial charge >= 0.3 is 12.0 Å². The van der Waals surface area contributed by atoms with Crippen molar-refractivity contribution < 1.29 is 14.7 Å². The first-order valence-corrected chi connectivity index (χ1v) is 7.59. The summed E-state index contributed by atoms with van der Waals surface area (Å²) in [6.07, 6.45) is 3.05. The van der Waals surface area contributed by atoms with Crippen LogP contribution in [0.15, 0.2) is 0 Å². The zero-order valence-electron chi connectivity index (χ0n) is 12.4. The van der Waals surface area contributed by atoms with E-state index in [1.807, 2.05) is 13.8 Å². The summed E-state index contributed by atoms with van der Waals surface area (Å²) in [7, 11) is 0. The Labute approximate surface area is 123 Å². The first-order valence-electron chi connectivity index (χ1n) is 6.77. The van der Waals surface area contributed by atoms with E-state index in [0.29, 0.717) is 10.6 Å². The predicted octanol–water partition coefficient (Wildman–Crippen LogP) is 3.76. The van der Waals surface area contributed by atoms with Crippen LogP contribution in [0.2, 0.25) is 0 Å². The van der Waals surface area contributed by atoms with Crippen molar-refractivity contribution in [2.45, 2.75) is 53.0 Å². The highest BCUT2D eigenvalue weighted by Gasteiger charge is 2.20. The lowest BCUT2D eigenvalue weighted by molar-refractivity contribution is 0.0697. The third-order valence-corrected chi connectivity index (χ3v) is 4.32. The molecule has 1 aromatic heterocycles. The van der Waals surface area contributed by atoms with Gasteiger partial charge in [0.1, 0.15) is 5.00 Å². The van der Waals surface area contributed by atoms with E-state index in [4.69, 9.17) is 0 Å². The number of anilines is 1. The molecule has 20 heavy (non-hydrogen) atoms. The second-order valence-electron chi connectivity index (χ2n) is 4.93. The minimum atomic E-state index is -1.01. The lowest BCUT2D eigenvalue weighted by Crippen LogP contribution is -2.36. The Morgan fingerprint density at radius 3 is 2.55 bits per heavy atom. The van der Waals surface area contributed by atoms with E-state index < -0.39 is 5.97 Å². The molecule has 0 aliphatic carbocycles. The maximum absolute atomic E-state index is 11.9. The van der Waals surface area contributed by atoms with E-state index in [1.54, 1.807) is 6.92 Å². The molecule has 1 unspecified atom stereocenters. The molecule has 6 heteroatoms. The Kier molecular flexibility index (Phi) is 6.01. The van der Waals surface area contributed by atoms with Crippen molar-refractivity contribution in [1.29, 1.82) is 0 Å². The fourth-order valence-corrected chi connectivity index (χ4v) is 2.97. The maximum Gasteiger partial charge on any atom is 0.338 e. The van der Waals surface area contributed by atoms with E-state index in [0.717, 1.165) is 24.1 Å². The number of urea groups is 1. The summed E-state index contributed by atoms with van der Waals surface area (Å²) < 4.78 is 0. The Morgan fingerprint density at radius 2 is 2.00 bits per heavy atom. The zero-order valence-corrected chi connectivity index (χ0v) is 13.2. The fraction of sp³-hybridized carbons (Fsp3) is 0.571. The molecule has 1 atom stereocenters. The van der Waals surface area contributed by atoms with Crippen LogP contribution in [-0.2, 0) is 0 Å². The second-order valence-corrected chi connectivity index (χ2v) is 6.16. The van der Waals surface area contributed by atoms with Gasteiger partial charge in [-0.2, -0.15) is 0 Å². The second kappa shape index (κ2) is 7.28. The van der Waals surface area contributed by atoms with Gasteiger partial charge in [0.2, 0.25) is 0 Å². The molecule has 0 aliphatic heterocycles. The van der Waals surface area contributed by atoms with Gasteiger partial charge in [0.25, 0.3) is 0 Å². The minimum Gasteiger partial charge on any atom is -0.478 e. The molecule has 0 aliphatic rings. The van der Waals surface area contributed by atoms with Crippen LogP contribution in [0.4, 0.5) is 9.80 Å². The van der Waals surface area contributed by atoms with Gasteiger partial charge in [0.05, 0.1) is 5.56 Å². The number of rotatable bonds is 6. The van der Waals surface area contributed by atoms with E-state index in [2.05, 4.69) is 17.6 Å². The molecule has 112 valence electrons. The van der Waals surface area contributed by atoms with Crippen LogP contribution in [0.25, 0.3) is 0 Å². The molecule has 3 N–H and O–H groups in total. The number of thiophene rings is 1. The van der Waals surface area contributed by atoms with Gasteiger partial charge in [0, 0.05) is 10.9 Å². The lowest BCUT2D eigenvalue weighted by atomic mass is 10.1. The summed E-state index contributed by atoms with van der Waals surface area (Å²) in [5, 5.41) is 15.1. The Hall–Kier alpha value is -1.56. The van der Waals surface area contributed by atoms with Gasteiger partial charge in [-0.15, -0.1) is 11.3 Å². The van der Waals surface area contributed by atoms with Crippen LogP contribution in [0.5, 0.6) is 0 Å². The third-order valence-electron chi connectivity index (χ3n) is 3.19. The molecule has 0 saturated carbocycles. The van der Waals surface area contributed by atoms with Crippen LogP contribution in [-0.4, -0.2) is 23.1 Å². The average Bonchev–Trinajstić information content (AvgIpc) is 2.61. The first kappa shape index (κ1) is 16.5. The van der Waals surface area contributed by atoms with Gasteiger partial charge in [0.15, 0.2) is 0 Å². The normalized spacial score (nSPS) is 12.0. The van der Waals surface area contributed by atoms with Gasteiger partial charge in [-0.3, -0.25) is 5.32 Å². The van der Waals surface area contributed by atoms with Crippen molar-refractivity contribution in [3.05, 3.63) is 16.0 Å². The maximum atomic E-state index is 11.9. The van der Waals surface area contributed by atoms with Crippen molar-refractivity contribution in [2.75, 3.05) is 5.32 Å². The fourth-order valence-electron chi connectivity index (χ4n) is 1.92. The topological polar surface area (TPSA) is 78.4 Å². The van der Waals surface area contributed by atoms with Crippen molar-refractivity contribution >= 4 is 28.3 Å². The van der Waals surface area contributed by atoms with E-state index in [9.17, 15) is 14.7 Å². The van der Waals surface area contributed by atoms with E-state index >= 15 is 0 Å². The Morgan fingerprint density at radius 1 is 1.35 bits per heavy atom. The van der Waals surface area contributed by atoms with E-state index in [1.165, 1.54) is 11.3 Å². The summed E-state index contributed by atoms with van der Waals surface area (Å²) in [5.41, 5.74) is 0.890. The molecule has 0 saturated heterocycles. The highest BCUT2D eigenvalue weighted by atomic mass is 32.1. The zero-order chi connectivity index (χ0) is 15.3. The lowest BCUT2D eigenvalue weighted by Gasteiger charge is -2.13. The number of nitrogens with one attached hydrogen (secondary N) is 2. The summed E-state index contributed by atoms with van der Waals surface area (Å²) in [4.78, 5) is 24.0. The van der Waals surface area contributed by atoms with Crippen LogP contribution in [0.3, 0.4) is 0 Å². The van der Waals surface area contributed by atoms with Gasteiger partial charge in [-0.1, -0.05) is 19.8 Å². The third kappa shape index (κ3) is 4.23. The minimum absolute atomic E-state index is 0.0744. The first-order chi connectivity index (χ1) is 9.36. The van der Waals surface area contributed by atoms with Gasteiger partial charge in [-0.25, -0.2) is 9.59 Å². The highest BCUT2D eigenvalue weighted by molar-refractivity contribution is 7.16. The smallest absolute Gasteiger partial charge is 0.338 e. The molecule has 0 bridgehead atoms. The Bertz CT molecular complexity index is 497.